The zero-order chi connectivity index (χ0) is 17.7. The van der Waals surface area contributed by atoms with E-state index >= 15 is 0 Å². The summed E-state index contributed by atoms with van der Waals surface area (Å²) in [5, 5.41) is 1.43. The number of hydrogen-bond acceptors (Lipinski definition) is 4. The van der Waals surface area contributed by atoms with Crippen LogP contribution in [0.1, 0.15) is 47.2 Å². The van der Waals surface area contributed by atoms with E-state index in [2.05, 4.69) is 39.5 Å². The molecule has 5 nitrogen and oxygen atoms in total. The molecule has 1 saturated heterocycles. The summed E-state index contributed by atoms with van der Waals surface area (Å²) in [7, 11) is 2.23. The monoisotopic (exact) mass is 347 g/mol. The molecule has 0 aromatic carbocycles. The van der Waals surface area contributed by atoms with Gasteiger partial charge in [-0.05, 0) is 50.8 Å². The first-order valence-corrected chi connectivity index (χ1v) is 9.69. The second-order valence-corrected chi connectivity index (χ2v) is 7.67. The molecule has 5 heteroatoms. The third-order valence-electron chi connectivity index (χ3n) is 6.10. The molecule has 1 atom stereocenters. The molecule has 134 valence electrons. The van der Waals surface area contributed by atoms with Gasteiger partial charge in [-0.15, -0.1) is 0 Å². The molecule has 1 unspecified atom stereocenters. The zero-order valence-electron chi connectivity index (χ0n) is 15.6. The second kappa shape index (κ2) is 6.16. The van der Waals surface area contributed by atoms with E-state index in [4.69, 9.17) is 4.98 Å². The number of pyridine rings is 1. The number of hydrogen-bond donors (Lipinski definition) is 0. The molecule has 26 heavy (non-hydrogen) atoms. The molecule has 3 aromatic rings. The van der Waals surface area contributed by atoms with Crippen molar-refractivity contribution in [3.8, 4) is 0 Å². The number of rotatable bonds is 3. The largest absolute Gasteiger partial charge is 0.346 e. The number of fused-ring (bicyclic) bond motifs is 5. The Kier molecular flexibility index (Phi) is 3.78. The first-order valence-electron chi connectivity index (χ1n) is 9.69. The third kappa shape index (κ3) is 2.45. The Bertz CT molecular complexity index is 960. The van der Waals surface area contributed by atoms with Crippen molar-refractivity contribution in [1.29, 1.82) is 0 Å². The Morgan fingerprint density at radius 3 is 2.96 bits per heavy atom. The fourth-order valence-corrected chi connectivity index (χ4v) is 5.01. The molecular formula is C21H25N5. The van der Waals surface area contributed by atoms with Gasteiger partial charge in [-0.2, -0.15) is 0 Å². The first-order chi connectivity index (χ1) is 12.7. The molecule has 2 aliphatic rings. The summed E-state index contributed by atoms with van der Waals surface area (Å²) < 4.78 is 2.43. The van der Waals surface area contributed by atoms with Gasteiger partial charge in [0.15, 0.2) is 0 Å². The molecule has 0 aliphatic carbocycles. The Hall–Kier alpha value is -2.27. The number of aromatic nitrogens is 4. The van der Waals surface area contributed by atoms with Crippen molar-refractivity contribution in [2.75, 3.05) is 13.1 Å². The summed E-state index contributed by atoms with van der Waals surface area (Å²) in [5.74, 6) is 0. The van der Waals surface area contributed by atoms with Crippen molar-refractivity contribution in [2.45, 2.75) is 45.1 Å². The van der Waals surface area contributed by atoms with E-state index in [9.17, 15) is 0 Å². The predicted molar refractivity (Wildman–Crippen MR) is 102 cm³/mol. The van der Waals surface area contributed by atoms with Crippen LogP contribution in [0.15, 0.2) is 24.7 Å². The fraction of sp³-hybridized carbons (Fsp3) is 0.476. The van der Waals surface area contributed by atoms with Gasteiger partial charge in [-0.3, -0.25) is 19.9 Å². The minimum Gasteiger partial charge on any atom is -0.346 e. The lowest BCUT2D eigenvalue weighted by Crippen LogP contribution is -2.31. The minimum atomic E-state index is 0.608. The van der Waals surface area contributed by atoms with E-state index in [0.29, 0.717) is 6.04 Å². The van der Waals surface area contributed by atoms with Gasteiger partial charge in [0.05, 0.1) is 16.9 Å². The summed E-state index contributed by atoms with van der Waals surface area (Å²) in [6.07, 6.45) is 10.9. The lowest BCUT2D eigenvalue weighted by molar-refractivity contribution is 0.242. The molecule has 0 amide bonds. The van der Waals surface area contributed by atoms with E-state index in [1.54, 1.807) is 18.0 Å². The van der Waals surface area contributed by atoms with Gasteiger partial charge in [0.25, 0.3) is 0 Å². The van der Waals surface area contributed by atoms with Gasteiger partial charge in [0, 0.05) is 61.4 Å². The summed E-state index contributed by atoms with van der Waals surface area (Å²) in [5.41, 5.74) is 7.79. The van der Waals surface area contributed by atoms with Gasteiger partial charge in [0.2, 0.25) is 0 Å². The normalized spacial score (nSPS) is 19.7. The maximum absolute atomic E-state index is 4.92. The second-order valence-electron chi connectivity index (χ2n) is 7.67. The predicted octanol–water partition coefficient (Wildman–Crippen LogP) is 3.15. The standard InChI is InChI=1S/C21H25N5/c1-14-12-16-20-18(7-11-26-10-3-4-19(20)26)25(2)21(16)17(24-14)6-5-15-13-22-8-9-23-15/h8-9,12-13,19H,3-7,10-11H2,1-2H3. The van der Waals surface area contributed by atoms with E-state index in [1.807, 2.05) is 6.20 Å². The lowest BCUT2D eigenvalue weighted by Gasteiger charge is -2.30. The molecule has 0 spiro atoms. The van der Waals surface area contributed by atoms with E-state index in [1.165, 1.54) is 48.2 Å². The number of aryl methyl sites for hydroxylation is 4. The third-order valence-corrected chi connectivity index (χ3v) is 6.10. The van der Waals surface area contributed by atoms with Crippen LogP contribution in [0, 0.1) is 6.92 Å². The molecular weight excluding hydrogens is 322 g/mol. The van der Waals surface area contributed by atoms with Crippen molar-refractivity contribution >= 4 is 10.9 Å². The zero-order valence-corrected chi connectivity index (χ0v) is 15.6. The molecule has 2 aliphatic heterocycles. The molecule has 3 aromatic heterocycles. The molecule has 0 saturated carbocycles. The molecule has 5 heterocycles. The average Bonchev–Trinajstić information content (AvgIpc) is 3.23. The van der Waals surface area contributed by atoms with Crippen LogP contribution in [-0.2, 0) is 26.3 Å². The van der Waals surface area contributed by atoms with Gasteiger partial charge in [-0.25, -0.2) is 0 Å². The Labute approximate surface area is 154 Å². The maximum Gasteiger partial charge on any atom is 0.0702 e. The van der Waals surface area contributed by atoms with Gasteiger partial charge >= 0.3 is 0 Å². The van der Waals surface area contributed by atoms with Crippen molar-refractivity contribution < 1.29 is 0 Å². The van der Waals surface area contributed by atoms with Crippen LogP contribution in [0.2, 0.25) is 0 Å². The van der Waals surface area contributed by atoms with Crippen molar-refractivity contribution in [1.82, 2.24) is 24.4 Å². The van der Waals surface area contributed by atoms with Crippen LogP contribution < -0.4 is 0 Å². The number of nitrogens with zero attached hydrogens (tertiary/aromatic N) is 5. The van der Waals surface area contributed by atoms with Crippen molar-refractivity contribution in [3.63, 3.8) is 0 Å². The van der Waals surface area contributed by atoms with Gasteiger partial charge < -0.3 is 4.57 Å². The SMILES string of the molecule is Cc1cc2c3c(n(C)c2c(CCc2cnccn2)n1)CCN1CCCC31. The highest BCUT2D eigenvalue weighted by Gasteiger charge is 2.35. The van der Waals surface area contributed by atoms with E-state index < -0.39 is 0 Å². The fourth-order valence-electron chi connectivity index (χ4n) is 5.01. The van der Waals surface area contributed by atoms with Crippen LogP contribution in [-0.4, -0.2) is 37.5 Å². The smallest absolute Gasteiger partial charge is 0.0702 e. The van der Waals surface area contributed by atoms with E-state index in [0.717, 1.165) is 30.7 Å². The quantitative estimate of drug-likeness (QED) is 0.730. The Morgan fingerprint density at radius 2 is 2.12 bits per heavy atom. The van der Waals surface area contributed by atoms with E-state index in [-0.39, 0.29) is 0 Å². The van der Waals surface area contributed by atoms with Crippen LogP contribution in [0.25, 0.3) is 10.9 Å². The average molecular weight is 347 g/mol. The first kappa shape index (κ1) is 15.9. The van der Waals surface area contributed by atoms with Crippen LogP contribution >= 0.6 is 0 Å². The molecule has 0 N–H and O–H groups in total. The maximum atomic E-state index is 4.92. The summed E-state index contributed by atoms with van der Waals surface area (Å²) in [4.78, 5) is 16.2. The van der Waals surface area contributed by atoms with Crippen molar-refractivity contribution in [2.24, 2.45) is 7.05 Å². The molecule has 0 radical (unpaired) electrons. The topological polar surface area (TPSA) is 46.8 Å². The molecule has 1 fully saturated rings. The molecule has 0 bridgehead atoms. The summed E-state index contributed by atoms with van der Waals surface area (Å²) in [6.45, 7) is 4.58. The van der Waals surface area contributed by atoms with Crippen LogP contribution in [0.5, 0.6) is 0 Å². The summed E-state index contributed by atoms with van der Waals surface area (Å²) in [6, 6.07) is 2.92. The Balaban J connectivity index is 1.61. The van der Waals surface area contributed by atoms with Crippen LogP contribution in [0.3, 0.4) is 0 Å². The highest BCUT2D eigenvalue weighted by atomic mass is 15.2. The highest BCUT2D eigenvalue weighted by Crippen LogP contribution is 2.43. The highest BCUT2D eigenvalue weighted by molar-refractivity contribution is 5.88. The Morgan fingerprint density at radius 1 is 1.19 bits per heavy atom. The minimum absolute atomic E-state index is 0.608. The molecule has 5 rings (SSSR count). The van der Waals surface area contributed by atoms with Gasteiger partial charge in [-0.1, -0.05) is 0 Å². The lowest BCUT2D eigenvalue weighted by atomic mass is 9.95. The van der Waals surface area contributed by atoms with Crippen LogP contribution in [0.4, 0.5) is 0 Å². The van der Waals surface area contributed by atoms with Crippen molar-refractivity contribution in [3.05, 3.63) is 53.0 Å². The van der Waals surface area contributed by atoms with Gasteiger partial charge in [0.1, 0.15) is 0 Å². The summed E-state index contributed by atoms with van der Waals surface area (Å²) >= 11 is 0.